The number of rotatable bonds is 5. The van der Waals surface area contributed by atoms with Crippen LogP contribution in [-0.4, -0.2) is 11.8 Å². The number of halogens is 1. The zero-order chi connectivity index (χ0) is 16.9. The maximum atomic E-state index is 12.4. The van der Waals surface area contributed by atoms with Gasteiger partial charge in [0.05, 0.1) is 0 Å². The van der Waals surface area contributed by atoms with Gasteiger partial charge in [0.15, 0.2) is 0 Å². The SMILES string of the molecule is CC(C)(C(=O)NCc1ccccc1)C(=O)Nc1ccc(Cl)cc1. The summed E-state index contributed by atoms with van der Waals surface area (Å²) < 4.78 is 0. The van der Waals surface area contributed by atoms with Crippen molar-refractivity contribution in [3.63, 3.8) is 0 Å². The summed E-state index contributed by atoms with van der Waals surface area (Å²) in [6, 6.07) is 16.3. The first-order valence-corrected chi connectivity index (χ1v) is 7.66. The number of amides is 2. The lowest BCUT2D eigenvalue weighted by Gasteiger charge is -2.22. The van der Waals surface area contributed by atoms with Crippen molar-refractivity contribution in [2.45, 2.75) is 20.4 Å². The average Bonchev–Trinajstić information content (AvgIpc) is 2.55. The molecule has 4 nitrogen and oxygen atoms in total. The average molecular weight is 331 g/mol. The maximum absolute atomic E-state index is 12.4. The highest BCUT2D eigenvalue weighted by Gasteiger charge is 2.35. The molecule has 0 fully saturated rings. The summed E-state index contributed by atoms with van der Waals surface area (Å²) in [6.45, 7) is 3.58. The molecule has 120 valence electrons. The van der Waals surface area contributed by atoms with E-state index in [1.807, 2.05) is 30.3 Å². The van der Waals surface area contributed by atoms with Gasteiger partial charge in [0.25, 0.3) is 0 Å². The van der Waals surface area contributed by atoms with Crippen molar-refractivity contribution < 1.29 is 9.59 Å². The van der Waals surface area contributed by atoms with Gasteiger partial charge in [0.1, 0.15) is 5.41 Å². The Balaban J connectivity index is 1.97. The highest BCUT2D eigenvalue weighted by atomic mass is 35.5. The fourth-order valence-corrected chi connectivity index (χ4v) is 2.05. The molecule has 0 bridgehead atoms. The highest BCUT2D eigenvalue weighted by molar-refractivity contribution is 6.30. The Morgan fingerprint density at radius 1 is 0.957 bits per heavy atom. The molecular formula is C18H19ClN2O2. The van der Waals surface area contributed by atoms with Crippen molar-refractivity contribution in [2.24, 2.45) is 5.41 Å². The molecule has 0 aliphatic carbocycles. The summed E-state index contributed by atoms with van der Waals surface area (Å²) >= 11 is 5.81. The molecule has 0 atom stereocenters. The molecular weight excluding hydrogens is 312 g/mol. The van der Waals surface area contributed by atoms with E-state index in [0.717, 1.165) is 5.56 Å². The summed E-state index contributed by atoms with van der Waals surface area (Å²) in [5.41, 5.74) is 0.395. The predicted molar refractivity (Wildman–Crippen MR) is 92.2 cm³/mol. The summed E-state index contributed by atoms with van der Waals surface area (Å²) in [7, 11) is 0. The second-order valence-corrected chi connectivity index (χ2v) is 6.19. The van der Waals surface area contributed by atoms with Gasteiger partial charge in [0.2, 0.25) is 11.8 Å². The van der Waals surface area contributed by atoms with E-state index in [0.29, 0.717) is 17.3 Å². The van der Waals surface area contributed by atoms with Crippen LogP contribution < -0.4 is 10.6 Å². The molecule has 2 aromatic carbocycles. The van der Waals surface area contributed by atoms with Crippen LogP contribution in [0.3, 0.4) is 0 Å². The molecule has 0 saturated carbocycles. The van der Waals surface area contributed by atoms with Gasteiger partial charge in [-0.05, 0) is 43.7 Å². The summed E-state index contributed by atoms with van der Waals surface area (Å²) in [4.78, 5) is 24.7. The first-order chi connectivity index (χ1) is 10.9. The Kier molecular flexibility index (Phi) is 5.40. The van der Waals surface area contributed by atoms with E-state index in [4.69, 9.17) is 11.6 Å². The minimum Gasteiger partial charge on any atom is -0.351 e. The molecule has 0 aromatic heterocycles. The molecule has 0 saturated heterocycles. The molecule has 5 heteroatoms. The first kappa shape index (κ1) is 17.0. The van der Waals surface area contributed by atoms with Crippen LogP contribution in [0.5, 0.6) is 0 Å². The van der Waals surface area contributed by atoms with Crippen LogP contribution >= 0.6 is 11.6 Å². The van der Waals surface area contributed by atoms with Crippen molar-refractivity contribution in [1.29, 1.82) is 0 Å². The number of hydrogen-bond acceptors (Lipinski definition) is 2. The Bertz CT molecular complexity index is 682. The lowest BCUT2D eigenvalue weighted by Crippen LogP contribution is -2.44. The molecule has 0 radical (unpaired) electrons. The molecule has 0 unspecified atom stereocenters. The van der Waals surface area contributed by atoms with Crippen LogP contribution in [0, 0.1) is 5.41 Å². The highest BCUT2D eigenvalue weighted by Crippen LogP contribution is 2.20. The van der Waals surface area contributed by atoms with Gasteiger partial charge in [-0.1, -0.05) is 41.9 Å². The molecule has 0 aliphatic rings. The zero-order valence-electron chi connectivity index (χ0n) is 13.1. The number of benzene rings is 2. The van der Waals surface area contributed by atoms with Crippen LogP contribution in [-0.2, 0) is 16.1 Å². The number of nitrogens with one attached hydrogen (secondary N) is 2. The zero-order valence-corrected chi connectivity index (χ0v) is 13.9. The third kappa shape index (κ3) is 4.57. The summed E-state index contributed by atoms with van der Waals surface area (Å²) in [6.07, 6.45) is 0. The van der Waals surface area contributed by atoms with Crippen molar-refractivity contribution in [1.82, 2.24) is 5.32 Å². The third-order valence-corrected chi connectivity index (χ3v) is 3.79. The number of hydrogen-bond donors (Lipinski definition) is 2. The van der Waals surface area contributed by atoms with E-state index >= 15 is 0 Å². The van der Waals surface area contributed by atoms with Crippen LogP contribution in [0.25, 0.3) is 0 Å². The molecule has 0 aliphatic heterocycles. The van der Waals surface area contributed by atoms with Crippen LogP contribution in [0.2, 0.25) is 5.02 Å². The lowest BCUT2D eigenvalue weighted by molar-refractivity contribution is -0.138. The van der Waals surface area contributed by atoms with Crippen molar-refractivity contribution in [3.8, 4) is 0 Å². The standard InChI is InChI=1S/C18H19ClN2O2/c1-18(2,16(22)20-12-13-6-4-3-5-7-13)17(23)21-15-10-8-14(19)9-11-15/h3-11H,12H2,1-2H3,(H,20,22)(H,21,23). The van der Waals surface area contributed by atoms with E-state index in [-0.39, 0.29) is 11.8 Å². The van der Waals surface area contributed by atoms with Crippen molar-refractivity contribution in [3.05, 3.63) is 65.2 Å². The second-order valence-electron chi connectivity index (χ2n) is 5.75. The van der Waals surface area contributed by atoms with Gasteiger partial charge in [-0.25, -0.2) is 0 Å². The van der Waals surface area contributed by atoms with Gasteiger partial charge >= 0.3 is 0 Å². The Morgan fingerprint density at radius 2 is 1.57 bits per heavy atom. The topological polar surface area (TPSA) is 58.2 Å². The van der Waals surface area contributed by atoms with E-state index in [2.05, 4.69) is 10.6 Å². The maximum Gasteiger partial charge on any atom is 0.239 e. The molecule has 23 heavy (non-hydrogen) atoms. The largest absolute Gasteiger partial charge is 0.351 e. The summed E-state index contributed by atoms with van der Waals surface area (Å²) in [5, 5.41) is 6.11. The van der Waals surface area contributed by atoms with E-state index in [9.17, 15) is 9.59 Å². The van der Waals surface area contributed by atoms with Crippen LogP contribution in [0.4, 0.5) is 5.69 Å². The number of anilines is 1. The molecule has 2 aromatic rings. The van der Waals surface area contributed by atoms with Gasteiger partial charge in [0, 0.05) is 17.3 Å². The minimum absolute atomic E-state index is 0.326. The Hall–Kier alpha value is -2.33. The van der Waals surface area contributed by atoms with E-state index in [1.165, 1.54) is 0 Å². The monoisotopic (exact) mass is 330 g/mol. The molecule has 2 amide bonds. The Labute approximate surface area is 140 Å². The van der Waals surface area contributed by atoms with Crippen LogP contribution in [0.1, 0.15) is 19.4 Å². The van der Waals surface area contributed by atoms with Gasteiger partial charge < -0.3 is 10.6 Å². The van der Waals surface area contributed by atoms with Crippen molar-refractivity contribution in [2.75, 3.05) is 5.32 Å². The molecule has 2 N–H and O–H groups in total. The number of carbonyl (C=O) groups excluding carboxylic acids is 2. The van der Waals surface area contributed by atoms with Crippen molar-refractivity contribution >= 4 is 29.1 Å². The first-order valence-electron chi connectivity index (χ1n) is 7.29. The summed E-state index contributed by atoms with van der Waals surface area (Å²) in [5.74, 6) is -0.696. The number of carbonyl (C=O) groups is 2. The quantitative estimate of drug-likeness (QED) is 0.823. The van der Waals surface area contributed by atoms with Crippen LogP contribution in [0.15, 0.2) is 54.6 Å². The van der Waals surface area contributed by atoms with Gasteiger partial charge in [-0.3, -0.25) is 9.59 Å². The normalized spacial score (nSPS) is 10.9. The lowest BCUT2D eigenvalue weighted by atomic mass is 9.91. The fourth-order valence-electron chi connectivity index (χ4n) is 1.92. The molecule has 2 rings (SSSR count). The fraction of sp³-hybridized carbons (Fsp3) is 0.222. The third-order valence-electron chi connectivity index (χ3n) is 3.53. The van der Waals surface area contributed by atoms with Gasteiger partial charge in [-0.15, -0.1) is 0 Å². The Morgan fingerprint density at radius 3 is 2.17 bits per heavy atom. The predicted octanol–water partition coefficient (Wildman–Crippen LogP) is 3.62. The minimum atomic E-state index is -1.19. The second kappa shape index (κ2) is 7.29. The van der Waals surface area contributed by atoms with E-state index < -0.39 is 5.41 Å². The van der Waals surface area contributed by atoms with E-state index in [1.54, 1.807) is 38.1 Å². The molecule has 0 spiro atoms. The van der Waals surface area contributed by atoms with Gasteiger partial charge in [-0.2, -0.15) is 0 Å². The molecule has 0 heterocycles. The smallest absolute Gasteiger partial charge is 0.239 e.